The van der Waals surface area contributed by atoms with E-state index in [4.69, 9.17) is 18.5 Å². The number of phosphoric ester groups is 1. The monoisotopic (exact) mass is 760 g/mol. The molecule has 2 unspecified atom stereocenters. The first-order chi connectivity index (χ1) is 25.0. The first-order valence-corrected chi connectivity index (χ1v) is 22.9. The Labute approximate surface area is 320 Å². The van der Waals surface area contributed by atoms with Crippen LogP contribution < -0.4 is 4.89 Å². The van der Waals surface area contributed by atoms with Crippen molar-refractivity contribution in [1.82, 2.24) is 0 Å². The summed E-state index contributed by atoms with van der Waals surface area (Å²) in [6.07, 6.45) is 35.2. The number of carbonyl (C=O) groups is 2. The van der Waals surface area contributed by atoms with Gasteiger partial charge in [-0.1, -0.05) is 161 Å². The van der Waals surface area contributed by atoms with Crippen LogP contribution in [-0.2, 0) is 32.7 Å². The first kappa shape index (κ1) is 50.8. The van der Waals surface area contributed by atoms with Crippen molar-refractivity contribution in [3.8, 4) is 0 Å². The topological polar surface area (TPSA) is 111 Å². The Balaban J connectivity index is 4.30. The molecule has 0 aromatic carbocycles. The van der Waals surface area contributed by atoms with Gasteiger partial charge in [-0.15, -0.1) is 0 Å². The van der Waals surface area contributed by atoms with Gasteiger partial charge in [0.15, 0.2) is 6.10 Å². The number of quaternary nitrogens is 1. The molecule has 9 nitrogen and oxygen atoms in total. The lowest BCUT2D eigenvalue weighted by Gasteiger charge is -2.28. The minimum absolute atomic E-state index is 0.0295. The predicted octanol–water partition coefficient (Wildman–Crippen LogP) is 11.2. The molecular weight excluding hydrogens is 677 g/mol. The molecule has 0 heterocycles. The van der Waals surface area contributed by atoms with Gasteiger partial charge >= 0.3 is 11.9 Å². The van der Waals surface area contributed by atoms with Crippen LogP contribution in [0.5, 0.6) is 0 Å². The minimum atomic E-state index is -4.62. The second-order valence-corrected chi connectivity index (χ2v) is 17.1. The summed E-state index contributed by atoms with van der Waals surface area (Å²) in [5.74, 6) is -0.838. The van der Waals surface area contributed by atoms with Crippen LogP contribution >= 0.6 is 7.82 Å². The molecule has 52 heavy (non-hydrogen) atoms. The van der Waals surface area contributed by atoms with Crippen LogP contribution in [0.2, 0.25) is 0 Å². The molecule has 0 aliphatic carbocycles. The van der Waals surface area contributed by atoms with E-state index in [0.717, 1.165) is 57.8 Å². The molecule has 0 N–H and O–H groups in total. The number of hydrogen-bond acceptors (Lipinski definition) is 8. The average molecular weight is 760 g/mol. The molecule has 0 spiro atoms. The average Bonchev–Trinajstić information content (AvgIpc) is 3.09. The quantitative estimate of drug-likeness (QED) is 0.0200. The fourth-order valence-electron chi connectivity index (χ4n) is 5.87. The molecule has 0 aliphatic heterocycles. The molecule has 0 rings (SSSR count). The number of nitrogens with zero attached hydrogens (tertiary/aromatic N) is 1. The van der Waals surface area contributed by atoms with Crippen LogP contribution in [0.15, 0.2) is 12.2 Å². The van der Waals surface area contributed by atoms with E-state index in [-0.39, 0.29) is 32.0 Å². The largest absolute Gasteiger partial charge is 0.756 e. The summed E-state index contributed by atoms with van der Waals surface area (Å²) in [4.78, 5) is 37.4. The SMILES string of the molecule is CCCC/C=C\CCCCCCCC(=O)OC(COC(=O)CCCCCCCCCCCCCCCCCCC)COP(=O)([O-])OCC[N+](C)(C)C. The second-order valence-electron chi connectivity index (χ2n) is 15.7. The van der Waals surface area contributed by atoms with Crippen molar-refractivity contribution in [2.45, 2.75) is 200 Å². The van der Waals surface area contributed by atoms with E-state index in [0.29, 0.717) is 17.4 Å². The number of allylic oxidation sites excluding steroid dienone is 2. The smallest absolute Gasteiger partial charge is 0.306 e. The zero-order valence-electron chi connectivity index (χ0n) is 34.5. The van der Waals surface area contributed by atoms with Crippen LogP contribution in [0.3, 0.4) is 0 Å². The molecule has 0 saturated heterocycles. The van der Waals surface area contributed by atoms with Crippen molar-refractivity contribution in [3.05, 3.63) is 12.2 Å². The lowest BCUT2D eigenvalue weighted by Crippen LogP contribution is -2.37. The number of carbonyl (C=O) groups excluding carboxylic acids is 2. The van der Waals surface area contributed by atoms with Gasteiger partial charge in [-0.2, -0.15) is 0 Å². The Morgan fingerprint density at radius 2 is 1.00 bits per heavy atom. The third-order valence-corrected chi connectivity index (χ3v) is 10.2. The molecule has 0 amide bonds. The number of hydrogen-bond donors (Lipinski definition) is 0. The maximum Gasteiger partial charge on any atom is 0.306 e. The standard InChI is InChI=1S/C42H82NO8P/c1-6-8-10-12-14-16-18-19-20-21-22-23-25-26-28-30-32-34-41(44)48-38-40(39-50-52(46,47)49-37-36-43(3,4)5)51-42(45)35-33-31-29-27-24-17-15-13-11-9-7-2/h13,15,40H,6-12,14,16-39H2,1-5H3/b15-13-. The van der Waals surface area contributed by atoms with E-state index in [1.54, 1.807) is 0 Å². The summed E-state index contributed by atoms with van der Waals surface area (Å²) in [7, 11) is 1.17. The fraction of sp³-hybridized carbons (Fsp3) is 0.905. The number of phosphoric acid groups is 1. The van der Waals surface area contributed by atoms with Gasteiger partial charge in [0.25, 0.3) is 7.82 Å². The number of esters is 2. The molecule has 10 heteroatoms. The van der Waals surface area contributed by atoms with E-state index in [1.807, 2.05) is 21.1 Å². The van der Waals surface area contributed by atoms with Crippen LogP contribution in [0.25, 0.3) is 0 Å². The zero-order chi connectivity index (χ0) is 38.6. The highest BCUT2D eigenvalue weighted by Crippen LogP contribution is 2.38. The van der Waals surface area contributed by atoms with Gasteiger partial charge in [0.2, 0.25) is 0 Å². The molecule has 0 aromatic rings. The van der Waals surface area contributed by atoms with Crippen LogP contribution in [0.1, 0.15) is 194 Å². The molecule has 0 aliphatic rings. The van der Waals surface area contributed by atoms with Crippen LogP contribution in [0.4, 0.5) is 0 Å². The summed E-state index contributed by atoms with van der Waals surface area (Å²) < 4.78 is 33.8. The molecule has 308 valence electrons. The number of ether oxygens (including phenoxy) is 2. The summed E-state index contributed by atoms with van der Waals surface area (Å²) in [5.41, 5.74) is 0. The Bertz CT molecular complexity index is 907. The lowest BCUT2D eigenvalue weighted by atomic mass is 10.0. The van der Waals surface area contributed by atoms with Gasteiger partial charge in [0, 0.05) is 12.8 Å². The first-order valence-electron chi connectivity index (χ1n) is 21.4. The van der Waals surface area contributed by atoms with E-state index >= 15 is 0 Å². The highest BCUT2D eigenvalue weighted by Gasteiger charge is 2.21. The molecule has 0 fully saturated rings. The third-order valence-electron chi connectivity index (χ3n) is 9.29. The van der Waals surface area contributed by atoms with Crippen molar-refractivity contribution in [1.29, 1.82) is 0 Å². The summed E-state index contributed by atoms with van der Waals surface area (Å²) in [6.45, 7) is 4.19. The van der Waals surface area contributed by atoms with E-state index in [9.17, 15) is 19.0 Å². The molecule has 0 saturated carbocycles. The van der Waals surface area contributed by atoms with Gasteiger partial charge in [0.05, 0.1) is 27.7 Å². The normalized spacial score (nSPS) is 13.7. The number of unbranched alkanes of at least 4 members (excludes halogenated alkanes) is 23. The van der Waals surface area contributed by atoms with Gasteiger partial charge in [-0.05, 0) is 32.1 Å². The zero-order valence-corrected chi connectivity index (χ0v) is 35.4. The Morgan fingerprint density at radius 1 is 0.577 bits per heavy atom. The number of rotatable bonds is 39. The number of likely N-dealkylation sites (N-methyl/N-ethyl adjacent to an activating group) is 1. The third kappa shape index (κ3) is 38.5. The maximum absolute atomic E-state index is 12.6. The molecule has 0 aromatic heterocycles. The van der Waals surface area contributed by atoms with Crippen molar-refractivity contribution < 1.29 is 42.1 Å². The van der Waals surface area contributed by atoms with Gasteiger partial charge in [-0.3, -0.25) is 14.2 Å². The van der Waals surface area contributed by atoms with Crippen molar-refractivity contribution in [2.24, 2.45) is 0 Å². The Hall–Kier alpha value is -1.25. The van der Waals surface area contributed by atoms with Gasteiger partial charge in [-0.25, -0.2) is 0 Å². The van der Waals surface area contributed by atoms with E-state index in [1.165, 1.54) is 103 Å². The van der Waals surface area contributed by atoms with Crippen LogP contribution in [0, 0.1) is 0 Å². The van der Waals surface area contributed by atoms with Crippen LogP contribution in [-0.4, -0.2) is 70.0 Å². The van der Waals surface area contributed by atoms with E-state index < -0.39 is 26.5 Å². The van der Waals surface area contributed by atoms with Crippen molar-refractivity contribution in [3.63, 3.8) is 0 Å². The Morgan fingerprint density at radius 3 is 1.48 bits per heavy atom. The second kappa shape index (κ2) is 35.5. The molecule has 0 bridgehead atoms. The summed E-state index contributed by atoms with van der Waals surface area (Å²) >= 11 is 0. The minimum Gasteiger partial charge on any atom is -0.756 e. The fourth-order valence-corrected chi connectivity index (χ4v) is 6.60. The summed E-state index contributed by atoms with van der Waals surface area (Å²) in [5, 5.41) is 0. The Kier molecular flexibility index (Phi) is 34.6. The molecule has 2 atom stereocenters. The highest BCUT2D eigenvalue weighted by atomic mass is 31.2. The van der Waals surface area contributed by atoms with Gasteiger partial charge in [0.1, 0.15) is 19.8 Å². The highest BCUT2D eigenvalue weighted by molar-refractivity contribution is 7.45. The molecular formula is C42H82NO8P. The molecule has 0 radical (unpaired) electrons. The predicted molar refractivity (Wildman–Crippen MR) is 213 cm³/mol. The van der Waals surface area contributed by atoms with Crippen molar-refractivity contribution >= 4 is 19.8 Å². The maximum atomic E-state index is 12.6. The summed E-state index contributed by atoms with van der Waals surface area (Å²) in [6, 6.07) is 0. The van der Waals surface area contributed by atoms with Gasteiger partial charge < -0.3 is 27.9 Å². The van der Waals surface area contributed by atoms with E-state index in [2.05, 4.69) is 26.0 Å². The lowest BCUT2D eigenvalue weighted by molar-refractivity contribution is -0.870. The van der Waals surface area contributed by atoms with Crippen molar-refractivity contribution in [2.75, 3.05) is 47.5 Å².